The SMILES string of the molecule is CC=CC(C)N(C)C.Cl. The summed E-state index contributed by atoms with van der Waals surface area (Å²) in [6.07, 6.45) is 4.24. The van der Waals surface area contributed by atoms with E-state index in [4.69, 9.17) is 0 Å². The van der Waals surface area contributed by atoms with Crippen molar-refractivity contribution in [3.05, 3.63) is 12.2 Å². The van der Waals surface area contributed by atoms with Crippen LogP contribution in [0.1, 0.15) is 13.8 Å². The monoisotopic (exact) mass is 149 g/mol. The number of hydrogen-bond donors (Lipinski definition) is 0. The maximum absolute atomic E-state index is 2.17. The Kier molecular flexibility index (Phi) is 7.98. The first-order valence-corrected chi connectivity index (χ1v) is 2.97. The molecule has 9 heavy (non-hydrogen) atoms. The molecule has 0 aromatic rings. The third-order valence-electron chi connectivity index (χ3n) is 1.29. The van der Waals surface area contributed by atoms with Crippen LogP contribution in [0.15, 0.2) is 12.2 Å². The number of allylic oxidation sites excluding steroid dienone is 1. The summed E-state index contributed by atoms with van der Waals surface area (Å²) >= 11 is 0. The zero-order chi connectivity index (χ0) is 6.57. The number of hydrogen-bond acceptors (Lipinski definition) is 1. The first-order valence-electron chi connectivity index (χ1n) is 2.97. The van der Waals surface area contributed by atoms with Gasteiger partial charge in [0, 0.05) is 6.04 Å². The van der Waals surface area contributed by atoms with Gasteiger partial charge in [-0.3, -0.25) is 0 Å². The van der Waals surface area contributed by atoms with Crippen LogP contribution >= 0.6 is 12.4 Å². The van der Waals surface area contributed by atoms with Gasteiger partial charge < -0.3 is 4.90 Å². The normalized spacial score (nSPS) is 13.9. The van der Waals surface area contributed by atoms with Crippen LogP contribution in [0.25, 0.3) is 0 Å². The molecule has 2 heteroatoms. The highest BCUT2D eigenvalue weighted by atomic mass is 35.5. The molecule has 0 fully saturated rings. The number of rotatable bonds is 2. The van der Waals surface area contributed by atoms with Crippen LogP contribution < -0.4 is 0 Å². The van der Waals surface area contributed by atoms with E-state index in [0.717, 1.165) is 0 Å². The predicted molar refractivity (Wildman–Crippen MR) is 45.2 cm³/mol. The molecule has 0 aliphatic heterocycles. The molecule has 0 heterocycles. The maximum atomic E-state index is 2.17. The Morgan fingerprint density at radius 1 is 1.33 bits per heavy atom. The van der Waals surface area contributed by atoms with Gasteiger partial charge in [-0.2, -0.15) is 0 Å². The quantitative estimate of drug-likeness (QED) is 0.543. The fourth-order valence-electron chi connectivity index (χ4n) is 0.451. The highest BCUT2D eigenvalue weighted by Gasteiger charge is 1.94. The Morgan fingerprint density at radius 3 is 1.89 bits per heavy atom. The van der Waals surface area contributed by atoms with Crippen LogP contribution in [0.5, 0.6) is 0 Å². The Balaban J connectivity index is 0. The van der Waals surface area contributed by atoms with E-state index in [1.807, 2.05) is 6.92 Å². The molecule has 56 valence electrons. The van der Waals surface area contributed by atoms with Crippen LogP contribution in [0, 0.1) is 0 Å². The smallest absolute Gasteiger partial charge is 0.0243 e. The van der Waals surface area contributed by atoms with Crippen molar-refractivity contribution in [2.45, 2.75) is 19.9 Å². The van der Waals surface area contributed by atoms with Gasteiger partial charge in [-0.1, -0.05) is 12.2 Å². The summed E-state index contributed by atoms with van der Waals surface area (Å²) < 4.78 is 0. The van der Waals surface area contributed by atoms with Gasteiger partial charge in [-0.15, -0.1) is 12.4 Å². The van der Waals surface area contributed by atoms with Crippen LogP contribution in [0.3, 0.4) is 0 Å². The largest absolute Gasteiger partial charge is 0.303 e. The Labute approximate surface area is 64.2 Å². The first-order chi connectivity index (χ1) is 3.68. The molecule has 0 spiro atoms. The lowest BCUT2D eigenvalue weighted by molar-refractivity contribution is 0.364. The van der Waals surface area contributed by atoms with Crippen molar-refractivity contribution in [3.8, 4) is 0 Å². The molecular formula is C7H16ClN. The minimum Gasteiger partial charge on any atom is -0.303 e. The van der Waals surface area contributed by atoms with Gasteiger partial charge in [0.05, 0.1) is 0 Å². The van der Waals surface area contributed by atoms with Gasteiger partial charge in [0.1, 0.15) is 0 Å². The van der Waals surface area contributed by atoms with Gasteiger partial charge in [-0.05, 0) is 27.9 Å². The van der Waals surface area contributed by atoms with Gasteiger partial charge >= 0.3 is 0 Å². The molecule has 0 N–H and O–H groups in total. The van der Waals surface area contributed by atoms with Crippen molar-refractivity contribution >= 4 is 12.4 Å². The minimum atomic E-state index is 0. The average Bonchev–Trinajstić information content (AvgIpc) is 1.67. The molecule has 0 saturated heterocycles. The van der Waals surface area contributed by atoms with Crippen LogP contribution in [0.4, 0.5) is 0 Å². The predicted octanol–water partition coefficient (Wildman–Crippen LogP) is 1.93. The topological polar surface area (TPSA) is 3.24 Å². The molecular weight excluding hydrogens is 134 g/mol. The maximum Gasteiger partial charge on any atom is 0.0243 e. The Morgan fingerprint density at radius 2 is 1.78 bits per heavy atom. The van der Waals surface area contributed by atoms with Crippen LogP contribution in [-0.4, -0.2) is 25.0 Å². The van der Waals surface area contributed by atoms with Crippen molar-refractivity contribution < 1.29 is 0 Å². The molecule has 0 aromatic carbocycles. The highest BCUT2D eigenvalue weighted by molar-refractivity contribution is 5.85. The second-order valence-corrected chi connectivity index (χ2v) is 2.23. The summed E-state index contributed by atoms with van der Waals surface area (Å²) in [4.78, 5) is 2.17. The molecule has 0 rings (SSSR count). The van der Waals surface area contributed by atoms with Crippen molar-refractivity contribution in [1.29, 1.82) is 0 Å². The molecule has 0 bridgehead atoms. The fourth-order valence-corrected chi connectivity index (χ4v) is 0.451. The molecule has 1 nitrogen and oxygen atoms in total. The second kappa shape index (κ2) is 6.12. The van der Waals surface area contributed by atoms with E-state index in [1.54, 1.807) is 0 Å². The molecule has 1 atom stereocenters. The third kappa shape index (κ3) is 5.87. The Bertz CT molecular complexity index is 79.0. The summed E-state index contributed by atoms with van der Waals surface area (Å²) in [5.41, 5.74) is 0. The molecule has 0 aliphatic carbocycles. The van der Waals surface area contributed by atoms with E-state index in [0.29, 0.717) is 6.04 Å². The lowest BCUT2D eigenvalue weighted by Gasteiger charge is -2.14. The van der Waals surface area contributed by atoms with Gasteiger partial charge in [0.25, 0.3) is 0 Å². The molecule has 0 saturated carbocycles. The lowest BCUT2D eigenvalue weighted by atomic mass is 10.3. The standard InChI is InChI=1S/C7H15N.ClH/c1-5-6-7(2)8(3)4;/h5-7H,1-4H3;1H. The summed E-state index contributed by atoms with van der Waals surface area (Å²) in [6.45, 7) is 4.21. The molecule has 1 unspecified atom stereocenters. The molecule has 0 aromatic heterocycles. The summed E-state index contributed by atoms with van der Waals surface area (Å²) in [5.74, 6) is 0. The van der Waals surface area contributed by atoms with Crippen molar-refractivity contribution in [3.63, 3.8) is 0 Å². The van der Waals surface area contributed by atoms with Gasteiger partial charge in [0.2, 0.25) is 0 Å². The lowest BCUT2D eigenvalue weighted by Crippen LogP contribution is -2.21. The first kappa shape index (κ1) is 11.7. The van der Waals surface area contributed by atoms with Crippen molar-refractivity contribution in [2.24, 2.45) is 0 Å². The molecule has 0 amide bonds. The summed E-state index contributed by atoms with van der Waals surface area (Å²) in [6, 6.07) is 0.569. The average molecular weight is 150 g/mol. The van der Waals surface area contributed by atoms with E-state index in [9.17, 15) is 0 Å². The molecule has 0 aliphatic rings. The highest BCUT2D eigenvalue weighted by Crippen LogP contribution is 1.91. The van der Waals surface area contributed by atoms with E-state index >= 15 is 0 Å². The summed E-state index contributed by atoms with van der Waals surface area (Å²) in [7, 11) is 4.15. The van der Waals surface area contributed by atoms with E-state index in [2.05, 4.69) is 38.1 Å². The van der Waals surface area contributed by atoms with E-state index in [-0.39, 0.29) is 12.4 Å². The Hall–Kier alpha value is -0.0100. The second-order valence-electron chi connectivity index (χ2n) is 2.23. The van der Waals surface area contributed by atoms with Gasteiger partial charge in [-0.25, -0.2) is 0 Å². The van der Waals surface area contributed by atoms with Crippen LogP contribution in [-0.2, 0) is 0 Å². The minimum absolute atomic E-state index is 0. The number of nitrogens with zero attached hydrogens (tertiary/aromatic N) is 1. The molecule has 0 radical (unpaired) electrons. The van der Waals surface area contributed by atoms with Crippen LogP contribution in [0.2, 0.25) is 0 Å². The van der Waals surface area contributed by atoms with Gasteiger partial charge in [0.15, 0.2) is 0 Å². The third-order valence-corrected chi connectivity index (χ3v) is 1.29. The van der Waals surface area contributed by atoms with E-state index < -0.39 is 0 Å². The van der Waals surface area contributed by atoms with Crippen molar-refractivity contribution in [2.75, 3.05) is 14.1 Å². The number of likely N-dealkylation sites (N-methyl/N-ethyl adjacent to an activating group) is 1. The van der Waals surface area contributed by atoms with Crippen molar-refractivity contribution in [1.82, 2.24) is 4.90 Å². The summed E-state index contributed by atoms with van der Waals surface area (Å²) in [5, 5.41) is 0. The number of halogens is 1. The zero-order valence-electron chi connectivity index (χ0n) is 6.59. The van der Waals surface area contributed by atoms with E-state index in [1.165, 1.54) is 0 Å². The fraction of sp³-hybridized carbons (Fsp3) is 0.714. The zero-order valence-corrected chi connectivity index (χ0v) is 7.40.